The van der Waals surface area contributed by atoms with Gasteiger partial charge in [0.05, 0.1) is 0 Å². The second kappa shape index (κ2) is 7.10. The quantitative estimate of drug-likeness (QED) is 0.572. The van der Waals surface area contributed by atoms with Crippen molar-refractivity contribution in [3.8, 4) is 11.1 Å². The van der Waals surface area contributed by atoms with Crippen LogP contribution in [0.3, 0.4) is 0 Å². The number of rotatable bonds is 1. The Morgan fingerprint density at radius 1 is 1.04 bits per heavy atom. The Morgan fingerprint density at radius 3 is 2.48 bits per heavy atom. The minimum absolute atomic E-state index is 0. The molecule has 2 aromatic rings. The molecule has 0 saturated carbocycles. The van der Waals surface area contributed by atoms with Crippen LogP contribution in [0.1, 0.15) is 37.9 Å². The summed E-state index contributed by atoms with van der Waals surface area (Å²) in [6, 6.07) is 11.3. The monoisotopic (exact) mass is 417 g/mol. The van der Waals surface area contributed by atoms with E-state index in [1.807, 2.05) is 0 Å². The molecular formula is C20H17Cl2Zr. The Bertz CT molecular complexity index is 819. The van der Waals surface area contributed by atoms with Gasteiger partial charge >= 0.3 is 142 Å². The molecular weight excluding hydrogens is 402 g/mol. The normalized spacial score (nSPS) is 17.0. The number of aryl methyl sites for hydroxylation is 1. The fourth-order valence-corrected chi connectivity index (χ4v) is 5.01. The topological polar surface area (TPSA) is 0 Å². The van der Waals surface area contributed by atoms with E-state index in [4.69, 9.17) is 0 Å². The van der Waals surface area contributed by atoms with Crippen molar-refractivity contribution in [3.63, 3.8) is 0 Å². The van der Waals surface area contributed by atoms with E-state index in [0.717, 1.165) is 6.42 Å². The largest absolute Gasteiger partial charge is 1.00 e. The summed E-state index contributed by atoms with van der Waals surface area (Å²) < 4.78 is 0.583. The van der Waals surface area contributed by atoms with Gasteiger partial charge in [0.1, 0.15) is 0 Å². The molecule has 2 aromatic carbocycles. The Labute approximate surface area is 165 Å². The van der Waals surface area contributed by atoms with E-state index in [0.29, 0.717) is 3.63 Å². The summed E-state index contributed by atoms with van der Waals surface area (Å²) in [5.41, 5.74) is 11.9. The molecule has 0 spiro atoms. The molecule has 0 heterocycles. The van der Waals surface area contributed by atoms with Gasteiger partial charge in [-0.25, -0.2) is 0 Å². The second-order valence-corrected chi connectivity index (χ2v) is 7.42. The van der Waals surface area contributed by atoms with Crippen LogP contribution in [-0.2, 0) is 24.7 Å². The molecule has 23 heavy (non-hydrogen) atoms. The van der Waals surface area contributed by atoms with Crippen LogP contribution in [0.4, 0.5) is 0 Å². The van der Waals surface area contributed by atoms with Crippen molar-refractivity contribution >= 4 is 5.57 Å². The van der Waals surface area contributed by atoms with Gasteiger partial charge in [-0.05, 0) is 0 Å². The fraction of sp³-hybridized carbons (Fsp3) is 0.200. The van der Waals surface area contributed by atoms with Crippen LogP contribution < -0.4 is 24.8 Å². The number of hydrogen-bond acceptors (Lipinski definition) is 0. The fourth-order valence-electron chi connectivity index (χ4n) is 3.65. The summed E-state index contributed by atoms with van der Waals surface area (Å²) in [4.78, 5) is 0. The molecule has 0 bridgehead atoms. The van der Waals surface area contributed by atoms with Gasteiger partial charge in [0.25, 0.3) is 0 Å². The third-order valence-electron chi connectivity index (χ3n) is 4.83. The van der Waals surface area contributed by atoms with Gasteiger partial charge in [-0.2, -0.15) is 0 Å². The molecule has 2 aliphatic rings. The van der Waals surface area contributed by atoms with Crippen LogP contribution in [0.2, 0.25) is 0 Å². The van der Waals surface area contributed by atoms with E-state index >= 15 is 0 Å². The summed E-state index contributed by atoms with van der Waals surface area (Å²) in [6.07, 6.45) is 7.84. The van der Waals surface area contributed by atoms with Gasteiger partial charge in [-0.3, -0.25) is 0 Å². The average Bonchev–Trinajstić information content (AvgIpc) is 3.10. The van der Waals surface area contributed by atoms with Crippen LogP contribution in [0.5, 0.6) is 0 Å². The summed E-state index contributed by atoms with van der Waals surface area (Å²) in [5, 5.41) is 0. The first-order valence-corrected chi connectivity index (χ1v) is 8.91. The van der Waals surface area contributed by atoms with E-state index in [1.54, 1.807) is 30.3 Å². The molecule has 0 nitrogen and oxygen atoms in total. The molecule has 0 amide bonds. The van der Waals surface area contributed by atoms with E-state index in [-0.39, 0.29) is 24.8 Å². The zero-order valence-corrected chi connectivity index (χ0v) is 17.1. The number of halogens is 2. The third-order valence-corrected chi connectivity index (χ3v) is 6.30. The first-order valence-electron chi connectivity index (χ1n) is 7.49. The Hall–Kier alpha value is -0.617. The standard InChI is InChI=1S/C20H17.2ClH.Zr/c1-13-11-18-17-10-6-5-9-16(17)12-19(18)20(14(13)2)15-7-3-4-8-15;;;/h3-7,9-12H,8H2,1-2H3;2*1H;/q;;;+2/p-2. The van der Waals surface area contributed by atoms with Gasteiger partial charge in [0, 0.05) is 0 Å². The Balaban J connectivity index is 0.000000960. The molecule has 115 valence electrons. The van der Waals surface area contributed by atoms with E-state index in [2.05, 4.69) is 62.4 Å². The summed E-state index contributed by atoms with van der Waals surface area (Å²) in [7, 11) is 0. The second-order valence-electron chi connectivity index (χ2n) is 6.00. The number of benzene rings is 2. The van der Waals surface area contributed by atoms with Crippen molar-refractivity contribution < 1.29 is 49.5 Å². The van der Waals surface area contributed by atoms with Crippen molar-refractivity contribution in [1.82, 2.24) is 0 Å². The molecule has 4 rings (SSSR count). The van der Waals surface area contributed by atoms with Gasteiger partial charge in [0.15, 0.2) is 0 Å². The van der Waals surface area contributed by atoms with Crippen LogP contribution in [-0.4, -0.2) is 0 Å². The van der Waals surface area contributed by atoms with Crippen LogP contribution in [0.15, 0.2) is 48.6 Å². The molecule has 0 aliphatic heterocycles. The van der Waals surface area contributed by atoms with Gasteiger partial charge < -0.3 is 24.8 Å². The molecule has 0 N–H and O–H groups in total. The first kappa shape index (κ1) is 18.7. The van der Waals surface area contributed by atoms with E-state index < -0.39 is 0 Å². The molecule has 3 heteroatoms. The van der Waals surface area contributed by atoms with Gasteiger partial charge in [-0.1, -0.05) is 0 Å². The molecule has 0 saturated heterocycles. The SMILES string of the molecule is Cc1cc2c(c(C3=CC=CC3)c1C)[CH]([Zr+2])c1ccccc1-2.[Cl-].[Cl-]. The van der Waals surface area contributed by atoms with Crippen molar-refractivity contribution in [2.45, 2.75) is 23.9 Å². The number of fused-ring (bicyclic) bond motifs is 3. The van der Waals surface area contributed by atoms with Crippen LogP contribution >= 0.6 is 0 Å². The Morgan fingerprint density at radius 2 is 1.78 bits per heavy atom. The van der Waals surface area contributed by atoms with Gasteiger partial charge in [-0.15, -0.1) is 0 Å². The zero-order valence-electron chi connectivity index (χ0n) is 13.2. The minimum atomic E-state index is 0. The molecule has 2 aliphatic carbocycles. The minimum Gasteiger partial charge on any atom is -1.00 e. The summed E-state index contributed by atoms with van der Waals surface area (Å²) in [5.74, 6) is 0. The third kappa shape index (κ3) is 2.82. The van der Waals surface area contributed by atoms with Crippen LogP contribution in [0, 0.1) is 13.8 Å². The van der Waals surface area contributed by atoms with Crippen molar-refractivity contribution in [1.29, 1.82) is 0 Å². The molecule has 0 fully saturated rings. The maximum Gasteiger partial charge on any atom is -1.00 e. The predicted octanol–water partition coefficient (Wildman–Crippen LogP) is -0.729. The smallest absolute Gasteiger partial charge is 1.00 e. The maximum atomic E-state index is 2.40. The first-order chi connectivity index (χ1) is 10.2. The summed E-state index contributed by atoms with van der Waals surface area (Å²) in [6.45, 7) is 4.54. The van der Waals surface area contributed by atoms with Gasteiger partial charge in [0.2, 0.25) is 0 Å². The zero-order chi connectivity index (χ0) is 14.6. The van der Waals surface area contributed by atoms with Crippen molar-refractivity contribution in [2.75, 3.05) is 0 Å². The molecule has 0 radical (unpaired) electrons. The maximum absolute atomic E-state index is 2.40. The number of hydrogen-bond donors (Lipinski definition) is 0. The molecule has 1 unspecified atom stereocenters. The van der Waals surface area contributed by atoms with Crippen molar-refractivity contribution in [2.24, 2.45) is 0 Å². The van der Waals surface area contributed by atoms with E-state index in [1.165, 1.54) is 39.0 Å². The molecule has 0 aromatic heterocycles. The van der Waals surface area contributed by atoms with Crippen LogP contribution in [0.25, 0.3) is 16.7 Å². The predicted molar refractivity (Wildman–Crippen MR) is 84.9 cm³/mol. The van der Waals surface area contributed by atoms with E-state index in [9.17, 15) is 0 Å². The average molecular weight is 419 g/mol. The number of allylic oxidation sites excluding steroid dienone is 4. The molecule has 1 atom stereocenters. The Kier molecular flexibility index (Phi) is 5.77. The summed E-state index contributed by atoms with van der Waals surface area (Å²) >= 11 is 1.59. The van der Waals surface area contributed by atoms with Crippen molar-refractivity contribution in [3.05, 3.63) is 76.4 Å².